The van der Waals surface area contributed by atoms with Crippen LogP contribution in [-0.4, -0.2) is 21.2 Å². The number of aryl methyl sites for hydroxylation is 3. The van der Waals surface area contributed by atoms with Crippen molar-refractivity contribution < 1.29 is 9.47 Å². The molecule has 4 heterocycles. The van der Waals surface area contributed by atoms with Crippen LogP contribution in [0.2, 0.25) is 0 Å². The number of imidazole rings is 1. The maximum atomic E-state index is 6.60. The SMILES string of the molecule is Cc1cc(C)c(-n2c(-c3ccc4c(c3)B3c5cc(-c6cc(C(C)(C)C)ccn6)ccc5Oc5cccc(c53)O4)nc3ccccc32)c(C)c1. The van der Waals surface area contributed by atoms with Crippen molar-refractivity contribution in [2.45, 2.75) is 47.0 Å². The number of fused-ring (bicyclic) bond motifs is 5. The van der Waals surface area contributed by atoms with Gasteiger partial charge in [-0.1, -0.05) is 68.8 Å². The van der Waals surface area contributed by atoms with E-state index in [0.717, 1.165) is 73.1 Å². The number of ether oxygens (including phenoxy) is 2. The van der Waals surface area contributed by atoms with Gasteiger partial charge >= 0.3 is 0 Å². The lowest BCUT2D eigenvalue weighted by molar-refractivity contribution is 0.464. The molecule has 5 aromatic carbocycles. The fourth-order valence-corrected chi connectivity index (χ4v) is 7.76. The third-order valence-corrected chi connectivity index (χ3v) is 10.00. The molecule has 238 valence electrons. The highest BCUT2D eigenvalue weighted by atomic mass is 16.5. The summed E-state index contributed by atoms with van der Waals surface area (Å²) in [6.07, 6.45) is 1.92. The molecule has 0 saturated heterocycles. The van der Waals surface area contributed by atoms with Crippen molar-refractivity contribution in [3.8, 4) is 51.3 Å². The molecule has 0 fully saturated rings. The quantitative estimate of drug-likeness (QED) is 0.182. The summed E-state index contributed by atoms with van der Waals surface area (Å²) in [5, 5.41) is 0. The number of para-hydroxylation sites is 2. The lowest BCUT2D eigenvalue weighted by Gasteiger charge is -2.33. The summed E-state index contributed by atoms with van der Waals surface area (Å²) in [5.41, 5.74) is 14.5. The van der Waals surface area contributed by atoms with E-state index in [1.807, 2.05) is 24.4 Å². The molecule has 0 saturated carbocycles. The monoisotopic (exact) mass is 637 g/mol. The van der Waals surface area contributed by atoms with E-state index in [1.165, 1.54) is 27.9 Å². The summed E-state index contributed by atoms with van der Waals surface area (Å²) in [6.45, 7) is 13.1. The van der Waals surface area contributed by atoms with Gasteiger partial charge in [0.2, 0.25) is 0 Å². The molecule has 2 aliphatic heterocycles. The Morgan fingerprint density at radius 2 is 1.31 bits per heavy atom. The van der Waals surface area contributed by atoms with E-state index in [9.17, 15) is 0 Å². The number of rotatable bonds is 3. The van der Waals surface area contributed by atoms with Crippen molar-refractivity contribution >= 4 is 34.1 Å². The van der Waals surface area contributed by atoms with Gasteiger partial charge in [-0.05, 0) is 120 Å². The first-order valence-corrected chi connectivity index (χ1v) is 16.9. The molecule has 2 aliphatic rings. The summed E-state index contributed by atoms with van der Waals surface area (Å²) in [6, 6.07) is 36.3. The highest BCUT2D eigenvalue weighted by Gasteiger charge is 2.40. The number of hydrogen-bond donors (Lipinski definition) is 0. The van der Waals surface area contributed by atoms with Crippen LogP contribution < -0.4 is 25.9 Å². The number of hydrogen-bond acceptors (Lipinski definition) is 4. The van der Waals surface area contributed by atoms with E-state index in [0.29, 0.717) is 0 Å². The molecule has 0 N–H and O–H groups in total. The molecular formula is C43H36BN3O2. The number of aromatic nitrogens is 3. The number of pyridine rings is 1. The van der Waals surface area contributed by atoms with Crippen LogP contribution in [0.15, 0.2) is 109 Å². The first kappa shape index (κ1) is 29.5. The molecule has 0 atom stereocenters. The molecule has 0 amide bonds. The first-order valence-electron chi connectivity index (χ1n) is 16.9. The molecule has 0 spiro atoms. The lowest BCUT2D eigenvalue weighted by atomic mass is 9.34. The zero-order valence-electron chi connectivity index (χ0n) is 28.6. The summed E-state index contributed by atoms with van der Waals surface area (Å²) in [4.78, 5) is 10.1. The second-order valence-corrected chi connectivity index (χ2v) is 14.5. The van der Waals surface area contributed by atoms with Crippen LogP contribution in [-0.2, 0) is 5.41 Å². The maximum Gasteiger partial charge on any atom is 0.260 e. The predicted octanol–water partition coefficient (Wildman–Crippen LogP) is 8.70. The fraction of sp³-hybridized carbons (Fsp3) is 0.163. The minimum atomic E-state index is -0.0925. The smallest absolute Gasteiger partial charge is 0.260 e. The van der Waals surface area contributed by atoms with E-state index in [1.54, 1.807) is 0 Å². The highest BCUT2D eigenvalue weighted by molar-refractivity contribution is 6.98. The number of benzene rings is 5. The molecule has 0 radical (unpaired) electrons. The van der Waals surface area contributed by atoms with Crippen LogP contribution >= 0.6 is 0 Å². The molecule has 5 nitrogen and oxygen atoms in total. The van der Waals surface area contributed by atoms with Crippen molar-refractivity contribution in [1.29, 1.82) is 0 Å². The van der Waals surface area contributed by atoms with E-state index in [4.69, 9.17) is 19.4 Å². The van der Waals surface area contributed by atoms with Gasteiger partial charge in [-0.3, -0.25) is 9.55 Å². The standard InChI is InChI=1S/C43H36BN3O2/c1-25-20-26(2)41(27(3)21-25)47-35-11-8-7-10-33(35)46-42(47)29-15-17-37-32(23-29)44-31-22-28(34-24-30(18-19-45-34)43(4,5)6)14-16-36(31)48-38-12-9-13-39(49-37)40(38)44/h7-24H,1-6H3. The van der Waals surface area contributed by atoms with E-state index in [2.05, 4.69) is 131 Å². The van der Waals surface area contributed by atoms with Crippen LogP contribution in [0.1, 0.15) is 43.0 Å². The van der Waals surface area contributed by atoms with Gasteiger partial charge in [0.25, 0.3) is 6.71 Å². The second kappa shape index (κ2) is 10.7. The Hall–Kier alpha value is -5.62. The zero-order chi connectivity index (χ0) is 33.6. The van der Waals surface area contributed by atoms with Crippen molar-refractivity contribution in [2.24, 2.45) is 0 Å². The van der Waals surface area contributed by atoms with Gasteiger partial charge in [0.1, 0.15) is 28.8 Å². The molecule has 0 bridgehead atoms. The Balaban J connectivity index is 1.25. The van der Waals surface area contributed by atoms with Crippen molar-refractivity contribution in [3.63, 3.8) is 0 Å². The normalized spacial score (nSPS) is 13.0. The molecule has 0 unspecified atom stereocenters. The van der Waals surface area contributed by atoms with Crippen LogP contribution in [0.4, 0.5) is 0 Å². The maximum absolute atomic E-state index is 6.60. The van der Waals surface area contributed by atoms with Crippen LogP contribution in [0.25, 0.3) is 39.4 Å². The average molecular weight is 638 g/mol. The largest absolute Gasteiger partial charge is 0.458 e. The predicted molar refractivity (Wildman–Crippen MR) is 200 cm³/mol. The molecule has 49 heavy (non-hydrogen) atoms. The Kier molecular flexibility index (Phi) is 6.44. The zero-order valence-corrected chi connectivity index (χ0v) is 28.6. The van der Waals surface area contributed by atoms with Crippen LogP contribution in [0.3, 0.4) is 0 Å². The van der Waals surface area contributed by atoms with Gasteiger partial charge < -0.3 is 9.47 Å². The highest BCUT2D eigenvalue weighted by Crippen LogP contribution is 2.38. The topological polar surface area (TPSA) is 49.2 Å². The van der Waals surface area contributed by atoms with Crippen molar-refractivity contribution in [3.05, 3.63) is 132 Å². The van der Waals surface area contributed by atoms with Gasteiger partial charge in [-0.15, -0.1) is 0 Å². The molecule has 7 aromatic rings. The minimum Gasteiger partial charge on any atom is -0.458 e. The van der Waals surface area contributed by atoms with Crippen molar-refractivity contribution in [1.82, 2.24) is 14.5 Å². The van der Waals surface area contributed by atoms with E-state index < -0.39 is 0 Å². The molecule has 2 aromatic heterocycles. The second-order valence-electron chi connectivity index (χ2n) is 14.5. The van der Waals surface area contributed by atoms with Gasteiger partial charge in [0.05, 0.1) is 22.4 Å². The summed E-state index contributed by atoms with van der Waals surface area (Å²) >= 11 is 0. The summed E-state index contributed by atoms with van der Waals surface area (Å²) < 4.78 is 15.5. The van der Waals surface area contributed by atoms with Crippen molar-refractivity contribution in [2.75, 3.05) is 0 Å². The van der Waals surface area contributed by atoms with E-state index in [-0.39, 0.29) is 12.1 Å². The third kappa shape index (κ3) is 4.69. The Morgan fingerprint density at radius 3 is 2.00 bits per heavy atom. The molecule has 9 rings (SSSR count). The van der Waals surface area contributed by atoms with Gasteiger partial charge in [0.15, 0.2) is 0 Å². The lowest BCUT2D eigenvalue weighted by Crippen LogP contribution is -2.57. The summed E-state index contributed by atoms with van der Waals surface area (Å²) in [7, 11) is 0. The minimum absolute atomic E-state index is 0.0189. The molecular weight excluding hydrogens is 601 g/mol. The fourth-order valence-electron chi connectivity index (χ4n) is 7.76. The summed E-state index contributed by atoms with van der Waals surface area (Å²) in [5.74, 6) is 4.24. The van der Waals surface area contributed by atoms with Gasteiger partial charge in [-0.25, -0.2) is 4.98 Å². The molecule has 6 heteroatoms. The van der Waals surface area contributed by atoms with Crippen LogP contribution in [0.5, 0.6) is 23.0 Å². The molecule has 0 aliphatic carbocycles. The van der Waals surface area contributed by atoms with Gasteiger partial charge in [-0.2, -0.15) is 0 Å². The Labute approximate surface area is 287 Å². The Bertz CT molecular complexity index is 2450. The number of nitrogens with zero attached hydrogens (tertiary/aromatic N) is 3. The van der Waals surface area contributed by atoms with Crippen LogP contribution in [0, 0.1) is 20.8 Å². The Morgan fingerprint density at radius 1 is 0.653 bits per heavy atom. The average Bonchev–Trinajstić information content (AvgIpc) is 3.46. The van der Waals surface area contributed by atoms with E-state index >= 15 is 0 Å². The third-order valence-electron chi connectivity index (χ3n) is 10.00. The first-order chi connectivity index (χ1) is 23.6. The van der Waals surface area contributed by atoms with Gasteiger partial charge in [0, 0.05) is 17.2 Å².